The van der Waals surface area contributed by atoms with Gasteiger partial charge in [0.1, 0.15) is 0 Å². The van der Waals surface area contributed by atoms with Crippen molar-refractivity contribution in [1.82, 2.24) is 5.32 Å². The molecule has 5 rings (SSSR count). The molecule has 0 aromatic carbocycles. The van der Waals surface area contributed by atoms with Crippen LogP contribution in [0.3, 0.4) is 0 Å². The van der Waals surface area contributed by atoms with E-state index in [1.54, 1.807) is 0 Å². The molecule has 0 heterocycles. The lowest BCUT2D eigenvalue weighted by Crippen LogP contribution is -2.58. The molecule has 0 aliphatic heterocycles. The fourth-order valence-corrected chi connectivity index (χ4v) is 7.49. The van der Waals surface area contributed by atoms with Gasteiger partial charge in [-0.2, -0.15) is 0 Å². The van der Waals surface area contributed by atoms with Crippen molar-refractivity contribution in [1.29, 1.82) is 0 Å². The maximum absolute atomic E-state index is 13.1. The molecule has 4 atom stereocenters. The van der Waals surface area contributed by atoms with Crippen molar-refractivity contribution in [3.8, 4) is 0 Å². The van der Waals surface area contributed by atoms with Crippen LogP contribution >= 0.6 is 15.9 Å². The molecule has 21 heavy (non-hydrogen) atoms. The van der Waals surface area contributed by atoms with Gasteiger partial charge in [-0.3, -0.25) is 4.79 Å². The highest BCUT2D eigenvalue weighted by Gasteiger charge is 2.59. The van der Waals surface area contributed by atoms with Gasteiger partial charge >= 0.3 is 0 Å². The Morgan fingerprint density at radius 3 is 2.52 bits per heavy atom. The molecule has 4 bridgehead atoms. The molecular weight excluding hydrogens is 326 g/mol. The second-order valence-electron chi connectivity index (χ2n) is 8.98. The number of rotatable bonds is 3. The summed E-state index contributed by atoms with van der Waals surface area (Å²) in [6, 6.07) is 0.428. The Morgan fingerprint density at radius 1 is 1.19 bits per heavy atom. The van der Waals surface area contributed by atoms with E-state index in [2.05, 4.69) is 28.2 Å². The molecule has 0 spiro atoms. The maximum atomic E-state index is 13.1. The number of carbonyl (C=O) groups is 1. The Morgan fingerprint density at radius 2 is 1.90 bits per heavy atom. The standard InChI is InChI=1S/C18H28BrNO/c1-17-6-12-5-13(7-17)9-18(8-12,11-17)16(21)20-15-4-2-3-14(15)10-19/h12-15H,2-11H2,1H3,(H,20,21). The molecule has 4 unspecified atom stereocenters. The van der Waals surface area contributed by atoms with Crippen molar-refractivity contribution >= 4 is 21.8 Å². The van der Waals surface area contributed by atoms with E-state index < -0.39 is 0 Å². The molecule has 1 N–H and O–H groups in total. The Hall–Kier alpha value is -0.0500. The van der Waals surface area contributed by atoms with Gasteiger partial charge in [0.25, 0.3) is 0 Å². The summed E-state index contributed by atoms with van der Waals surface area (Å²) in [6.45, 7) is 2.45. The van der Waals surface area contributed by atoms with Crippen LogP contribution in [-0.4, -0.2) is 17.3 Å². The molecular formula is C18H28BrNO. The first-order valence-electron chi connectivity index (χ1n) is 8.89. The van der Waals surface area contributed by atoms with Gasteiger partial charge in [-0.15, -0.1) is 0 Å². The van der Waals surface area contributed by atoms with Crippen LogP contribution in [0, 0.1) is 28.6 Å². The van der Waals surface area contributed by atoms with Gasteiger partial charge in [-0.25, -0.2) is 0 Å². The Bertz CT molecular complexity index is 434. The molecule has 3 heteroatoms. The van der Waals surface area contributed by atoms with Gasteiger partial charge in [0, 0.05) is 11.4 Å². The van der Waals surface area contributed by atoms with Gasteiger partial charge in [0.15, 0.2) is 0 Å². The highest BCUT2D eigenvalue weighted by atomic mass is 79.9. The van der Waals surface area contributed by atoms with Crippen LogP contribution in [0.25, 0.3) is 0 Å². The third kappa shape index (κ3) is 2.38. The summed E-state index contributed by atoms with van der Waals surface area (Å²) in [4.78, 5) is 13.1. The molecule has 118 valence electrons. The number of carbonyl (C=O) groups excluding carboxylic acids is 1. The predicted molar refractivity (Wildman–Crippen MR) is 88.3 cm³/mol. The van der Waals surface area contributed by atoms with Crippen LogP contribution in [0.2, 0.25) is 0 Å². The number of hydrogen-bond donors (Lipinski definition) is 1. The lowest BCUT2D eigenvalue weighted by atomic mass is 9.44. The van der Waals surface area contributed by atoms with E-state index in [-0.39, 0.29) is 5.41 Å². The Labute approximate surface area is 136 Å². The van der Waals surface area contributed by atoms with Crippen LogP contribution < -0.4 is 5.32 Å². The van der Waals surface area contributed by atoms with Gasteiger partial charge < -0.3 is 5.32 Å². The second-order valence-corrected chi connectivity index (χ2v) is 9.62. The van der Waals surface area contributed by atoms with Crippen molar-refractivity contribution < 1.29 is 4.79 Å². The number of alkyl halides is 1. The summed E-state index contributed by atoms with van der Waals surface area (Å²) in [5, 5.41) is 4.52. The first-order valence-corrected chi connectivity index (χ1v) is 10.0. The van der Waals surface area contributed by atoms with Gasteiger partial charge in [-0.05, 0) is 74.5 Å². The summed E-state index contributed by atoms with van der Waals surface area (Å²) in [7, 11) is 0. The average molecular weight is 354 g/mol. The second kappa shape index (κ2) is 4.97. The van der Waals surface area contributed by atoms with Crippen molar-refractivity contribution in [3.63, 3.8) is 0 Å². The first-order chi connectivity index (χ1) is 10.0. The van der Waals surface area contributed by atoms with Crippen molar-refractivity contribution in [2.24, 2.45) is 28.6 Å². The predicted octanol–water partition coefficient (Wildman–Crippen LogP) is 4.27. The summed E-state index contributed by atoms with van der Waals surface area (Å²) in [5.74, 6) is 2.73. The normalized spacial score (nSPS) is 51.3. The molecule has 5 fully saturated rings. The molecule has 0 saturated heterocycles. The molecule has 0 radical (unpaired) electrons. The molecule has 2 nitrogen and oxygen atoms in total. The summed E-state index contributed by atoms with van der Waals surface area (Å²) < 4.78 is 0. The number of halogens is 1. The smallest absolute Gasteiger partial charge is 0.226 e. The average Bonchev–Trinajstić information content (AvgIpc) is 2.83. The van der Waals surface area contributed by atoms with Crippen LogP contribution in [0.15, 0.2) is 0 Å². The molecule has 0 aromatic heterocycles. The Kier molecular flexibility index (Phi) is 3.44. The van der Waals surface area contributed by atoms with Crippen LogP contribution in [0.4, 0.5) is 0 Å². The van der Waals surface area contributed by atoms with E-state index in [1.807, 2.05) is 0 Å². The van der Waals surface area contributed by atoms with Gasteiger partial charge in [-0.1, -0.05) is 29.3 Å². The van der Waals surface area contributed by atoms with E-state index in [1.165, 1.54) is 51.4 Å². The minimum Gasteiger partial charge on any atom is -0.353 e. The highest BCUT2D eigenvalue weighted by molar-refractivity contribution is 9.09. The van der Waals surface area contributed by atoms with E-state index in [4.69, 9.17) is 0 Å². The number of amides is 1. The lowest BCUT2D eigenvalue weighted by Gasteiger charge is -2.60. The topological polar surface area (TPSA) is 29.1 Å². The zero-order chi connectivity index (χ0) is 14.7. The number of nitrogens with one attached hydrogen (secondary N) is 1. The zero-order valence-electron chi connectivity index (χ0n) is 13.2. The Balaban J connectivity index is 1.51. The molecule has 5 saturated carbocycles. The van der Waals surface area contributed by atoms with Crippen molar-refractivity contribution in [2.45, 2.75) is 70.8 Å². The minimum absolute atomic E-state index is 0.00170. The van der Waals surface area contributed by atoms with E-state index in [9.17, 15) is 4.79 Å². The zero-order valence-corrected chi connectivity index (χ0v) is 14.8. The first kappa shape index (κ1) is 14.5. The van der Waals surface area contributed by atoms with Gasteiger partial charge in [0.05, 0.1) is 5.41 Å². The van der Waals surface area contributed by atoms with Crippen molar-refractivity contribution in [2.75, 3.05) is 5.33 Å². The lowest BCUT2D eigenvalue weighted by molar-refractivity contribution is -0.156. The maximum Gasteiger partial charge on any atom is 0.226 e. The molecule has 1 amide bonds. The largest absolute Gasteiger partial charge is 0.353 e. The minimum atomic E-state index is -0.00170. The van der Waals surface area contributed by atoms with E-state index in [0.717, 1.165) is 23.6 Å². The van der Waals surface area contributed by atoms with E-state index >= 15 is 0 Å². The van der Waals surface area contributed by atoms with Gasteiger partial charge in [0.2, 0.25) is 5.91 Å². The summed E-state index contributed by atoms with van der Waals surface area (Å²) >= 11 is 3.63. The third-order valence-corrected chi connectivity index (χ3v) is 7.84. The third-order valence-electron chi connectivity index (χ3n) is 7.01. The fourth-order valence-electron chi connectivity index (χ4n) is 6.72. The van der Waals surface area contributed by atoms with Crippen LogP contribution in [0.5, 0.6) is 0 Å². The monoisotopic (exact) mass is 353 g/mol. The van der Waals surface area contributed by atoms with Crippen LogP contribution in [-0.2, 0) is 4.79 Å². The SMILES string of the molecule is CC12CC3CC(C1)CC(C(=O)NC1CCCC1CBr)(C3)C2. The summed E-state index contributed by atoms with van der Waals surface area (Å²) in [6.07, 6.45) is 11.4. The van der Waals surface area contributed by atoms with Crippen LogP contribution in [0.1, 0.15) is 64.7 Å². The quantitative estimate of drug-likeness (QED) is 0.754. The number of hydrogen-bond acceptors (Lipinski definition) is 1. The molecule has 5 aliphatic carbocycles. The molecule has 5 aliphatic rings. The van der Waals surface area contributed by atoms with Crippen molar-refractivity contribution in [3.05, 3.63) is 0 Å². The summed E-state index contributed by atoms with van der Waals surface area (Å²) in [5.41, 5.74) is 0.463. The van der Waals surface area contributed by atoms with E-state index in [0.29, 0.717) is 23.3 Å². The fraction of sp³-hybridized carbons (Fsp3) is 0.944. The molecule has 0 aromatic rings. The highest BCUT2D eigenvalue weighted by Crippen LogP contribution is 2.65.